The van der Waals surface area contributed by atoms with Gasteiger partial charge in [-0.2, -0.15) is 0 Å². The summed E-state index contributed by atoms with van der Waals surface area (Å²) < 4.78 is 0. The predicted octanol–water partition coefficient (Wildman–Crippen LogP) is 3.08. The summed E-state index contributed by atoms with van der Waals surface area (Å²) in [5.41, 5.74) is 1.37. The molecule has 0 saturated heterocycles. The number of carbonyl (C=O) groups is 1. The molecule has 3 nitrogen and oxygen atoms in total. The van der Waals surface area contributed by atoms with Crippen molar-refractivity contribution in [1.29, 1.82) is 0 Å². The average molecular weight is 279 g/mol. The van der Waals surface area contributed by atoms with Gasteiger partial charge in [-0.1, -0.05) is 47.6 Å². The van der Waals surface area contributed by atoms with Gasteiger partial charge in [-0.15, -0.1) is 0 Å². The Hall–Kier alpha value is -1.90. The fraction of sp³-hybridized carbons (Fsp3) is 0.444. The Morgan fingerprint density at radius 3 is 2.76 bits per heavy atom. The molecule has 1 aliphatic heterocycles. The van der Waals surface area contributed by atoms with Crippen molar-refractivity contribution in [2.75, 3.05) is 0 Å². The molecular formula is C18H17NO2. The smallest absolute Gasteiger partial charge is 0.211 e. The molecule has 21 heavy (non-hydrogen) atoms. The van der Waals surface area contributed by atoms with Crippen LogP contribution in [0.25, 0.3) is 0 Å². The van der Waals surface area contributed by atoms with Gasteiger partial charge in [0.25, 0.3) is 0 Å². The van der Waals surface area contributed by atoms with E-state index in [1.807, 2.05) is 30.3 Å². The molecule has 4 aliphatic rings. The molecule has 0 unspecified atom stereocenters. The number of hydrogen-bond donors (Lipinski definition) is 0. The second-order valence-corrected chi connectivity index (χ2v) is 6.77. The highest BCUT2D eigenvalue weighted by Gasteiger charge is 2.60. The maximum absolute atomic E-state index is 12.7. The Bertz CT molecular complexity index is 663. The van der Waals surface area contributed by atoms with Crippen LogP contribution in [0.2, 0.25) is 0 Å². The van der Waals surface area contributed by atoms with Crippen molar-refractivity contribution in [1.82, 2.24) is 0 Å². The number of ketones is 1. The number of carbonyl (C=O) groups excluding carboxylic acids is 1. The van der Waals surface area contributed by atoms with Crippen LogP contribution in [0.4, 0.5) is 0 Å². The molecule has 0 spiro atoms. The van der Waals surface area contributed by atoms with Gasteiger partial charge < -0.3 is 4.84 Å². The Balaban J connectivity index is 1.44. The van der Waals surface area contributed by atoms with E-state index in [2.05, 4.69) is 17.3 Å². The molecule has 0 amide bonds. The number of hydrogen-bond acceptors (Lipinski definition) is 3. The van der Waals surface area contributed by atoms with Crippen LogP contribution in [0.1, 0.15) is 23.2 Å². The lowest BCUT2D eigenvalue weighted by atomic mass is 9.85. The van der Waals surface area contributed by atoms with Crippen molar-refractivity contribution in [2.45, 2.75) is 18.9 Å². The number of rotatable bonds is 2. The first-order chi connectivity index (χ1) is 10.3. The van der Waals surface area contributed by atoms with Gasteiger partial charge >= 0.3 is 0 Å². The summed E-state index contributed by atoms with van der Waals surface area (Å²) in [6.07, 6.45) is 7.22. The van der Waals surface area contributed by atoms with Gasteiger partial charge in [0.15, 0.2) is 0 Å². The van der Waals surface area contributed by atoms with E-state index in [-0.39, 0.29) is 17.8 Å². The van der Waals surface area contributed by atoms with E-state index in [1.54, 1.807) is 0 Å². The molecule has 0 N–H and O–H groups in total. The monoisotopic (exact) mass is 279 g/mol. The topological polar surface area (TPSA) is 38.7 Å². The second kappa shape index (κ2) is 4.06. The van der Waals surface area contributed by atoms with Gasteiger partial charge in [-0.3, -0.25) is 4.79 Å². The third-order valence-corrected chi connectivity index (χ3v) is 5.88. The summed E-state index contributed by atoms with van der Waals surface area (Å²) in [6, 6.07) is 9.44. The summed E-state index contributed by atoms with van der Waals surface area (Å²) in [6.45, 7) is 0. The summed E-state index contributed by atoms with van der Waals surface area (Å²) in [4.78, 5) is 18.4. The van der Waals surface area contributed by atoms with Crippen molar-refractivity contribution >= 4 is 11.5 Å². The van der Waals surface area contributed by atoms with Gasteiger partial charge in [-0.25, -0.2) is 0 Å². The highest BCUT2D eigenvalue weighted by Crippen LogP contribution is 2.59. The summed E-state index contributed by atoms with van der Waals surface area (Å²) >= 11 is 0. The molecular weight excluding hydrogens is 262 g/mol. The number of fused-ring (bicyclic) bond motifs is 7. The van der Waals surface area contributed by atoms with E-state index in [0.717, 1.165) is 12.0 Å². The maximum atomic E-state index is 12.7. The minimum Gasteiger partial charge on any atom is -0.391 e. The van der Waals surface area contributed by atoms with Crippen LogP contribution in [0.5, 0.6) is 0 Å². The molecule has 2 fully saturated rings. The van der Waals surface area contributed by atoms with Crippen LogP contribution in [-0.4, -0.2) is 17.6 Å². The van der Waals surface area contributed by atoms with Crippen LogP contribution < -0.4 is 0 Å². The SMILES string of the molecule is O=C(C1=NO[C@H]2[C@@H]3[C@H](C[C@H]12)[C@H]1C=C[C@H]3C1)c1ccccc1. The Labute approximate surface area is 123 Å². The first-order valence-corrected chi connectivity index (χ1v) is 7.85. The van der Waals surface area contributed by atoms with E-state index in [0.29, 0.717) is 29.4 Å². The maximum Gasteiger partial charge on any atom is 0.211 e. The molecule has 0 radical (unpaired) electrons. The van der Waals surface area contributed by atoms with Gasteiger partial charge in [0, 0.05) is 17.4 Å². The minimum atomic E-state index is 0.0448. The Kier molecular flexibility index (Phi) is 2.27. The molecule has 1 heterocycles. The normalized spacial score (nSPS) is 41.6. The summed E-state index contributed by atoms with van der Waals surface area (Å²) in [5, 5.41) is 4.18. The number of nitrogens with zero attached hydrogens (tertiary/aromatic N) is 1. The standard InChI is InChI=1S/C18H17NO2/c20-17(10-4-2-1-3-5-10)16-14-9-13-11-6-7-12(8-11)15(13)18(14)21-19-16/h1-7,11-15,18H,8-9H2/t11-,12-,13+,14+,15-,18+/m0/s1. The van der Waals surface area contributed by atoms with Crippen LogP contribution in [-0.2, 0) is 4.84 Å². The average Bonchev–Trinajstić information content (AvgIpc) is 3.25. The lowest BCUT2D eigenvalue weighted by Crippen LogP contribution is -2.29. The van der Waals surface area contributed by atoms with Crippen molar-refractivity contribution in [2.24, 2.45) is 34.7 Å². The van der Waals surface area contributed by atoms with Gasteiger partial charge in [0.1, 0.15) is 11.8 Å². The fourth-order valence-electron chi connectivity index (χ4n) is 5.02. The van der Waals surface area contributed by atoms with E-state index in [1.165, 1.54) is 6.42 Å². The molecule has 2 bridgehead atoms. The Morgan fingerprint density at radius 2 is 1.90 bits per heavy atom. The number of Topliss-reactive ketones (excluding diaryl/α,β-unsaturated/α-hetero) is 1. The first kappa shape index (κ1) is 11.7. The summed E-state index contributed by atoms with van der Waals surface area (Å²) in [7, 11) is 0. The molecule has 1 aromatic rings. The van der Waals surface area contributed by atoms with Crippen LogP contribution in [0.3, 0.4) is 0 Å². The first-order valence-electron chi connectivity index (χ1n) is 7.85. The van der Waals surface area contributed by atoms with Crippen LogP contribution in [0, 0.1) is 29.6 Å². The summed E-state index contributed by atoms with van der Waals surface area (Å²) in [5.74, 6) is 2.89. The third kappa shape index (κ3) is 1.49. The molecule has 106 valence electrons. The Morgan fingerprint density at radius 1 is 1.10 bits per heavy atom. The molecule has 5 rings (SSSR count). The number of allylic oxidation sites excluding steroid dienone is 2. The number of benzene rings is 1. The van der Waals surface area contributed by atoms with Crippen molar-refractivity contribution in [3.8, 4) is 0 Å². The number of oxime groups is 1. The molecule has 1 aromatic carbocycles. The molecule has 0 aromatic heterocycles. The zero-order valence-corrected chi connectivity index (χ0v) is 11.7. The van der Waals surface area contributed by atoms with Crippen molar-refractivity contribution in [3.63, 3.8) is 0 Å². The van der Waals surface area contributed by atoms with Gasteiger partial charge in [-0.05, 0) is 30.6 Å². The highest BCUT2D eigenvalue weighted by atomic mass is 16.6. The van der Waals surface area contributed by atoms with Crippen LogP contribution >= 0.6 is 0 Å². The van der Waals surface area contributed by atoms with Gasteiger partial charge in [0.05, 0.1) is 0 Å². The van der Waals surface area contributed by atoms with E-state index in [9.17, 15) is 4.79 Å². The molecule has 2 saturated carbocycles. The van der Waals surface area contributed by atoms with E-state index in [4.69, 9.17) is 4.84 Å². The fourth-order valence-corrected chi connectivity index (χ4v) is 5.02. The lowest BCUT2D eigenvalue weighted by molar-refractivity contribution is 0.0268. The van der Waals surface area contributed by atoms with Crippen LogP contribution in [0.15, 0.2) is 47.6 Å². The van der Waals surface area contributed by atoms with Gasteiger partial charge in [0.2, 0.25) is 5.78 Å². The van der Waals surface area contributed by atoms with E-state index < -0.39 is 0 Å². The zero-order valence-electron chi connectivity index (χ0n) is 11.7. The van der Waals surface area contributed by atoms with Crippen molar-refractivity contribution < 1.29 is 9.63 Å². The van der Waals surface area contributed by atoms with Crippen molar-refractivity contribution in [3.05, 3.63) is 48.0 Å². The minimum absolute atomic E-state index is 0.0448. The quantitative estimate of drug-likeness (QED) is 0.616. The molecule has 3 heteroatoms. The largest absolute Gasteiger partial charge is 0.391 e. The van der Waals surface area contributed by atoms with E-state index >= 15 is 0 Å². The molecule has 6 atom stereocenters. The molecule has 3 aliphatic carbocycles. The predicted molar refractivity (Wildman–Crippen MR) is 78.9 cm³/mol. The second-order valence-electron chi connectivity index (χ2n) is 6.77. The zero-order chi connectivity index (χ0) is 14.0. The third-order valence-electron chi connectivity index (χ3n) is 5.88. The highest BCUT2D eigenvalue weighted by molar-refractivity contribution is 6.47. The lowest BCUT2D eigenvalue weighted by Gasteiger charge is -2.23.